The van der Waals surface area contributed by atoms with Crippen LogP contribution in [0.2, 0.25) is 5.02 Å². The zero-order valence-electron chi connectivity index (χ0n) is 9.11. The SMILES string of the molecule is NC(Cc1ccc(I)cc1)c1ccncc1Cl. The minimum Gasteiger partial charge on any atom is -0.324 e. The van der Waals surface area contributed by atoms with Crippen molar-refractivity contribution in [2.45, 2.75) is 12.5 Å². The molecule has 0 saturated carbocycles. The number of benzene rings is 1. The highest BCUT2D eigenvalue weighted by Gasteiger charge is 2.10. The Morgan fingerprint density at radius 1 is 1.24 bits per heavy atom. The van der Waals surface area contributed by atoms with Gasteiger partial charge in [0.25, 0.3) is 0 Å². The second-order valence-electron chi connectivity index (χ2n) is 3.83. The normalized spacial score (nSPS) is 12.4. The van der Waals surface area contributed by atoms with E-state index in [0.29, 0.717) is 5.02 Å². The molecule has 1 unspecified atom stereocenters. The van der Waals surface area contributed by atoms with E-state index in [-0.39, 0.29) is 6.04 Å². The average Bonchev–Trinajstić information content (AvgIpc) is 2.32. The van der Waals surface area contributed by atoms with E-state index < -0.39 is 0 Å². The minimum absolute atomic E-state index is 0.0921. The van der Waals surface area contributed by atoms with E-state index in [4.69, 9.17) is 17.3 Å². The van der Waals surface area contributed by atoms with Crippen molar-refractivity contribution in [3.63, 3.8) is 0 Å². The molecule has 0 aliphatic carbocycles. The van der Waals surface area contributed by atoms with Gasteiger partial charge in [-0.1, -0.05) is 23.7 Å². The number of hydrogen-bond donors (Lipinski definition) is 1. The molecule has 0 amide bonds. The molecule has 0 saturated heterocycles. The monoisotopic (exact) mass is 358 g/mol. The van der Waals surface area contributed by atoms with Crippen LogP contribution in [0, 0.1) is 3.57 Å². The Balaban J connectivity index is 2.14. The molecule has 17 heavy (non-hydrogen) atoms. The van der Waals surface area contributed by atoms with Crippen LogP contribution in [0.4, 0.5) is 0 Å². The largest absolute Gasteiger partial charge is 0.324 e. The Hall–Kier alpha value is -0.650. The van der Waals surface area contributed by atoms with E-state index in [0.717, 1.165) is 12.0 Å². The fraction of sp³-hybridized carbons (Fsp3) is 0.154. The van der Waals surface area contributed by atoms with Gasteiger partial charge in [0.05, 0.1) is 5.02 Å². The first kappa shape index (κ1) is 12.8. The average molecular weight is 359 g/mol. The predicted molar refractivity (Wildman–Crippen MR) is 79.0 cm³/mol. The van der Waals surface area contributed by atoms with Crippen LogP contribution in [0.5, 0.6) is 0 Å². The zero-order valence-corrected chi connectivity index (χ0v) is 12.0. The second kappa shape index (κ2) is 5.80. The summed E-state index contributed by atoms with van der Waals surface area (Å²) in [6, 6.07) is 10.1. The van der Waals surface area contributed by atoms with Gasteiger partial charge < -0.3 is 5.73 Å². The Bertz CT molecular complexity index is 499. The van der Waals surface area contributed by atoms with Crippen LogP contribution in [-0.2, 0) is 6.42 Å². The smallest absolute Gasteiger partial charge is 0.0637 e. The summed E-state index contributed by atoms with van der Waals surface area (Å²) < 4.78 is 1.22. The number of nitrogens with two attached hydrogens (primary N) is 1. The molecule has 88 valence electrons. The minimum atomic E-state index is -0.0921. The molecule has 0 aliphatic rings. The van der Waals surface area contributed by atoms with Crippen molar-refractivity contribution < 1.29 is 0 Å². The first-order chi connectivity index (χ1) is 8.16. The summed E-state index contributed by atoms with van der Waals surface area (Å²) in [7, 11) is 0. The van der Waals surface area contributed by atoms with Crippen molar-refractivity contribution in [3.8, 4) is 0 Å². The molecule has 1 heterocycles. The number of rotatable bonds is 3. The molecular formula is C13H12ClIN2. The summed E-state index contributed by atoms with van der Waals surface area (Å²) in [4.78, 5) is 3.96. The molecule has 0 radical (unpaired) electrons. The topological polar surface area (TPSA) is 38.9 Å². The summed E-state index contributed by atoms with van der Waals surface area (Å²) in [5.41, 5.74) is 8.31. The lowest BCUT2D eigenvalue weighted by molar-refractivity contribution is 0.720. The number of hydrogen-bond acceptors (Lipinski definition) is 2. The Kier molecular flexibility index (Phi) is 4.36. The van der Waals surface area contributed by atoms with Gasteiger partial charge in [-0.25, -0.2) is 0 Å². The third kappa shape index (κ3) is 3.40. The lowest BCUT2D eigenvalue weighted by Crippen LogP contribution is -2.14. The van der Waals surface area contributed by atoms with Gasteiger partial charge in [-0.2, -0.15) is 0 Å². The van der Waals surface area contributed by atoms with Crippen LogP contribution in [-0.4, -0.2) is 4.98 Å². The van der Waals surface area contributed by atoms with E-state index in [1.165, 1.54) is 9.13 Å². The summed E-state index contributed by atoms with van der Waals surface area (Å²) >= 11 is 8.35. The molecule has 0 bridgehead atoms. The van der Waals surface area contributed by atoms with Gasteiger partial charge in [0.1, 0.15) is 0 Å². The van der Waals surface area contributed by atoms with Gasteiger partial charge in [-0.05, 0) is 58.3 Å². The highest BCUT2D eigenvalue weighted by Crippen LogP contribution is 2.23. The van der Waals surface area contributed by atoms with Crippen molar-refractivity contribution in [2.24, 2.45) is 5.73 Å². The van der Waals surface area contributed by atoms with E-state index in [1.807, 2.05) is 6.07 Å². The Morgan fingerprint density at radius 2 is 1.94 bits per heavy atom. The fourth-order valence-electron chi connectivity index (χ4n) is 1.67. The number of pyridine rings is 1. The lowest BCUT2D eigenvalue weighted by Gasteiger charge is -2.13. The lowest BCUT2D eigenvalue weighted by atomic mass is 10.0. The maximum atomic E-state index is 6.15. The van der Waals surface area contributed by atoms with Crippen molar-refractivity contribution in [2.75, 3.05) is 0 Å². The van der Waals surface area contributed by atoms with E-state index >= 15 is 0 Å². The molecule has 1 atom stereocenters. The first-order valence-electron chi connectivity index (χ1n) is 5.26. The van der Waals surface area contributed by atoms with Crippen LogP contribution >= 0.6 is 34.2 Å². The van der Waals surface area contributed by atoms with Crippen molar-refractivity contribution in [1.82, 2.24) is 4.98 Å². The summed E-state index contributed by atoms with van der Waals surface area (Å²) in [6.07, 6.45) is 4.13. The maximum Gasteiger partial charge on any atom is 0.0637 e. The van der Waals surface area contributed by atoms with Gasteiger partial charge in [0, 0.05) is 22.0 Å². The van der Waals surface area contributed by atoms with Gasteiger partial charge in [-0.15, -0.1) is 0 Å². The number of aromatic nitrogens is 1. The van der Waals surface area contributed by atoms with Gasteiger partial charge in [0.2, 0.25) is 0 Å². The molecular weight excluding hydrogens is 347 g/mol. The zero-order chi connectivity index (χ0) is 12.3. The van der Waals surface area contributed by atoms with Crippen molar-refractivity contribution in [3.05, 3.63) is 62.4 Å². The molecule has 1 aromatic carbocycles. The van der Waals surface area contributed by atoms with Gasteiger partial charge in [-0.3, -0.25) is 4.98 Å². The summed E-state index contributed by atoms with van der Waals surface area (Å²) in [5, 5.41) is 0.630. The number of halogens is 2. The molecule has 2 rings (SSSR count). The number of nitrogens with zero attached hydrogens (tertiary/aromatic N) is 1. The van der Waals surface area contributed by atoms with Crippen LogP contribution in [0.1, 0.15) is 17.2 Å². The third-order valence-corrected chi connectivity index (χ3v) is 3.61. The Morgan fingerprint density at radius 3 is 2.59 bits per heavy atom. The van der Waals surface area contributed by atoms with E-state index in [2.05, 4.69) is 51.8 Å². The van der Waals surface area contributed by atoms with Crippen LogP contribution in [0.3, 0.4) is 0 Å². The standard InChI is InChI=1S/C13H12ClIN2/c14-12-8-17-6-5-11(12)13(16)7-9-1-3-10(15)4-2-9/h1-6,8,13H,7,16H2. The fourth-order valence-corrected chi connectivity index (χ4v) is 2.29. The van der Waals surface area contributed by atoms with Crippen LogP contribution in [0.25, 0.3) is 0 Å². The predicted octanol–water partition coefficient (Wildman–Crippen LogP) is 3.58. The summed E-state index contributed by atoms with van der Waals surface area (Å²) in [6.45, 7) is 0. The maximum absolute atomic E-state index is 6.15. The van der Waals surface area contributed by atoms with E-state index in [9.17, 15) is 0 Å². The molecule has 2 aromatic rings. The molecule has 2 N–H and O–H groups in total. The Labute approximate surface area is 119 Å². The third-order valence-electron chi connectivity index (χ3n) is 2.57. The molecule has 2 nitrogen and oxygen atoms in total. The molecule has 0 spiro atoms. The van der Waals surface area contributed by atoms with Crippen molar-refractivity contribution >= 4 is 34.2 Å². The first-order valence-corrected chi connectivity index (χ1v) is 6.72. The van der Waals surface area contributed by atoms with Gasteiger partial charge >= 0.3 is 0 Å². The molecule has 0 aliphatic heterocycles. The van der Waals surface area contributed by atoms with E-state index in [1.54, 1.807) is 12.4 Å². The van der Waals surface area contributed by atoms with Gasteiger partial charge in [0.15, 0.2) is 0 Å². The molecule has 0 fully saturated rings. The molecule has 4 heteroatoms. The highest BCUT2D eigenvalue weighted by atomic mass is 127. The van der Waals surface area contributed by atoms with Crippen molar-refractivity contribution in [1.29, 1.82) is 0 Å². The second-order valence-corrected chi connectivity index (χ2v) is 5.49. The highest BCUT2D eigenvalue weighted by molar-refractivity contribution is 14.1. The summed E-state index contributed by atoms with van der Waals surface area (Å²) in [5.74, 6) is 0. The molecule has 1 aromatic heterocycles. The van der Waals surface area contributed by atoms with Crippen LogP contribution < -0.4 is 5.73 Å². The van der Waals surface area contributed by atoms with Crippen LogP contribution in [0.15, 0.2) is 42.7 Å². The quantitative estimate of drug-likeness (QED) is 0.852.